The molecule has 0 saturated heterocycles. The van der Waals surface area contributed by atoms with Crippen molar-refractivity contribution in [1.82, 2.24) is 9.97 Å². The Labute approximate surface area is 358 Å². The number of hydrogen-bond acceptors (Lipinski definition) is 3. The normalized spacial score (nSPS) is 16.4. The van der Waals surface area contributed by atoms with Gasteiger partial charge in [0.05, 0.1) is 5.58 Å². The number of nitrogens with zero attached hydrogens (tertiary/aromatic N) is 2. The molecule has 0 spiro atoms. The first-order valence-corrected chi connectivity index (χ1v) is 17.8. The molecule has 55 heavy (non-hydrogen) atoms. The Morgan fingerprint density at radius 1 is 0.673 bits per heavy atom. The average Bonchev–Trinajstić information content (AvgIpc) is 3.65. The van der Waals surface area contributed by atoms with Crippen molar-refractivity contribution >= 4 is 32.7 Å². The second-order valence-corrected chi connectivity index (χ2v) is 15.4. The third-order valence-corrected chi connectivity index (χ3v) is 8.70. The number of fused-ring (bicyclic) bond motifs is 5. The number of benzene rings is 5. The van der Waals surface area contributed by atoms with E-state index in [4.69, 9.17) is 22.2 Å². The number of furan rings is 1. The van der Waals surface area contributed by atoms with E-state index in [1.165, 1.54) is 24.4 Å². The molecule has 0 N–H and O–H groups in total. The smallest absolute Gasteiger partial charge is 0.128 e. The monoisotopic (exact) mass is 912 g/mol. The molecule has 0 aliphatic heterocycles. The maximum Gasteiger partial charge on any atom is 0.128 e. The van der Waals surface area contributed by atoms with Crippen molar-refractivity contribution < 1.29 is 42.3 Å². The van der Waals surface area contributed by atoms with Gasteiger partial charge in [0.1, 0.15) is 5.58 Å². The number of hydrogen-bond donors (Lipinski definition) is 0. The van der Waals surface area contributed by atoms with Gasteiger partial charge in [-0.2, -0.15) is 0 Å². The van der Waals surface area contributed by atoms with E-state index in [9.17, 15) is 0 Å². The Hall–Kier alpha value is -4.89. The number of rotatable bonds is 5. The zero-order valence-electron chi connectivity index (χ0n) is 44.6. The molecular formula is C51H50IrN2O-2. The van der Waals surface area contributed by atoms with Gasteiger partial charge in [0, 0.05) is 61.1 Å². The molecule has 0 amide bonds. The minimum absolute atomic E-state index is 0. The zero-order chi connectivity index (χ0) is 49.3. The van der Waals surface area contributed by atoms with Crippen LogP contribution < -0.4 is 0 Å². The van der Waals surface area contributed by atoms with Crippen LogP contribution in [0.25, 0.3) is 66.4 Å². The van der Waals surface area contributed by atoms with E-state index in [0.29, 0.717) is 50.1 Å². The third kappa shape index (κ3) is 8.99. The van der Waals surface area contributed by atoms with Gasteiger partial charge in [-0.05, 0) is 64.4 Å². The summed E-state index contributed by atoms with van der Waals surface area (Å²) in [4.78, 5) is 8.85. The molecule has 0 fully saturated rings. The molecule has 3 aromatic heterocycles. The van der Waals surface area contributed by atoms with E-state index in [1.807, 2.05) is 75.4 Å². The SMILES string of the molecule is [2H]C([2H])([2H])c1c[c-]c(-c2cc(C([2H])([2H])C(C)(C)C)ccn2)c2oc3c4ccccc4ccc3c12.[2H]C([2H])([2H])c1c[c-]c(-c2cc(C([2H])([2H])[2H])c(C([2H])([2H])C(C)(C)C)cn2)cc1-c1ccccc1.[Ir]. The van der Waals surface area contributed by atoms with Gasteiger partial charge in [0.2, 0.25) is 0 Å². The molecule has 0 atom stereocenters. The first-order chi connectivity index (χ1) is 30.9. The second kappa shape index (κ2) is 16.1. The van der Waals surface area contributed by atoms with Gasteiger partial charge in [-0.3, -0.25) is 0 Å². The standard InChI is InChI=1S/C27H24NO.C24H26N.Ir/c1-17-9-11-21(23-15-18(13-14-28-23)16-27(2,3)4)26-24(17)22-12-10-19-7-5-6-8-20(19)25(22)29-26;1-17-11-12-20(14-22(17)19-9-7-6-8-10-19)23-13-18(2)21(16-25-23)15-24(3,4)5;/h5-10,12-15H,16H2,1-4H3;6-11,13-14,16H,15H2,1-5H3;/q2*-1;/i1D3,16D2;1D3,2D3,15D2;. The van der Waals surface area contributed by atoms with Gasteiger partial charge in [-0.25, -0.2) is 0 Å². The topological polar surface area (TPSA) is 38.9 Å². The Morgan fingerprint density at radius 3 is 2.15 bits per heavy atom. The molecule has 3 nitrogen and oxygen atoms in total. The van der Waals surface area contributed by atoms with Crippen molar-refractivity contribution in [3.63, 3.8) is 0 Å². The fourth-order valence-corrected chi connectivity index (χ4v) is 6.42. The van der Waals surface area contributed by atoms with Crippen LogP contribution >= 0.6 is 0 Å². The summed E-state index contributed by atoms with van der Waals surface area (Å²) < 4.78 is 113. The van der Waals surface area contributed by atoms with Crippen LogP contribution in [0.4, 0.5) is 0 Å². The Balaban J connectivity index is 0.000000221. The summed E-state index contributed by atoms with van der Waals surface area (Å²) in [6.45, 7) is 3.41. The van der Waals surface area contributed by atoms with Crippen LogP contribution in [0.1, 0.15) is 87.2 Å². The van der Waals surface area contributed by atoms with Crippen LogP contribution in [0.3, 0.4) is 0 Å². The minimum atomic E-state index is -2.56. The van der Waals surface area contributed by atoms with Crippen LogP contribution in [-0.4, -0.2) is 9.97 Å². The molecule has 5 aromatic carbocycles. The summed E-state index contributed by atoms with van der Waals surface area (Å²) in [7, 11) is 0. The molecule has 281 valence electrons. The Morgan fingerprint density at radius 2 is 1.40 bits per heavy atom. The maximum absolute atomic E-state index is 8.67. The van der Waals surface area contributed by atoms with Gasteiger partial charge in [-0.1, -0.05) is 162 Å². The molecule has 0 unspecified atom stereocenters. The maximum atomic E-state index is 8.67. The van der Waals surface area contributed by atoms with Crippen molar-refractivity contribution in [2.24, 2.45) is 10.8 Å². The summed E-state index contributed by atoms with van der Waals surface area (Å²) in [5.41, 5.74) is 3.09. The van der Waals surface area contributed by atoms with E-state index in [1.54, 1.807) is 57.3 Å². The zero-order valence-corrected chi connectivity index (χ0v) is 34.0. The molecular weight excluding hydrogens is 849 g/mol. The largest absolute Gasteiger partial charge is 0.500 e. The van der Waals surface area contributed by atoms with Crippen molar-refractivity contribution in [2.75, 3.05) is 0 Å². The summed E-state index contributed by atoms with van der Waals surface area (Å²) >= 11 is 0. The summed E-state index contributed by atoms with van der Waals surface area (Å²) in [5.74, 6) is 0. The van der Waals surface area contributed by atoms with Crippen LogP contribution in [0.5, 0.6) is 0 Å². The van der Waals surface area contributed by atoms with Gasteiger partial charge >= 0.3 is 0 Å². The number of aryl methyl sites for hydroxylation is 3. The molecule has 0 aliphatic rings. The molecule has 0 aliphatic carbocycles. The molecule has 3 heterocycles. The van der Waals surface area contributed by atoms with Gasteiger partial charge in [-0.15, -0.1) is 47.0 Å². The van der Waals surface area contributed by atoms with E-state index in [2.05, 4.69) is 22.1 Å². The number of pyridine rings is 2. The molecule has 8 rings (SSSR count). The second-order valence-electron chi connectivity index (χ2n) is 15.4. The predicted octanol–water partition coefficient (Wildman–Crippen LogP) is 13.9. The summed E-state index contributed by atoms with van der Waals surface area (Å²) in [5, 5.41) is 3.12. The molecule has 4 heteroatoms. The molecule has 0 bridgehead atoms. The fraction of sp³-hybridized carbons (Fsp3) is 0.255. The van der Waals surface area contributed by atoms with Crippen molar-refractivity contribution in [3.8, 4) is 33.6 Å². The molecule has 1 radical (unpaired) electrons. The predicted molar refractivity (Wildman–Crippen MR) is 228 cm³/mol. The van der Waals surface area contributed by atoms with E-state index < -0.39 is 44.1 Å². The van der Waals surface area contributed by atoms with Gasteiger partial charge in [0.25, 0.3) is 0 Å². The van der Waals surface area contributed by atoms with Crippen molar-refractivity contribution in [2.45, 2.75) is 74.8 Å². The van der Waals surface area contributed by atoms with E-state index >= 15 is 0 Å². The minimum Gasteiger partial charge on any atom is -0.500 e. The third-order valence-electron chi connectivity index (χ3n) is 8.70. The summed E-state index contributed by atoms with van der Waals surface area (Å²) in [6.07, 6.45) is -0.696. The first kappa shape index (κ1) is 26.1. The van der Waals surface area contributed by atoms with Crippen LogP contribution in [0.2, 0.25) is 0 Å². The summed E-state index contributed by atoms with van der Waals surface area (Å²) in [6, 6.07) is 36.0. The average molecular weight is 912 g/mol. The Bertz CT molecular complexity index is 3120. The number of aromatic nitrogens is 2. The molecule has 8 aromatic rings. The van der Waals surface area contributed by atoms with E-state index in [0.717, 1.165) is 16.2 Å². The van der Waals surface area contributed by atoms with Crippen LogP contribution in [-0.2, 0) is 32.9 Å². The van der Waals surface area contributed by atoms with Crippen molar-refractivity contribution in [1.29, 1.82) is 0 Å². The van der Waals surface area contributed by atoms with Gasteiger partial charge < -0.3 is 14.4 Å². The quantitative estimate of drug-likeness (QED) is 0.162. The van der Waals surface area contributed by atoms with Crippen molar-refractivity contribution in [3.05, 3.63) is 155 Å². The van der Waals surface area contributed by atoms with E-state index in [-0.39, 0.29) is 48.1 Å². The fourth-order valence-electron chi connectivity index (χ4n) is 6.42. The van der Waals surface area contributed by atoms with Gasteiger partial charge in [0.15, 0.2) is 0 Å². The Kier molecular flexibility index (Phi) is 7.61. The first-order valence-electron chi connectivity index (χ1n) is 24.3. The van der Waals surface area contributed by atoms with Crippen LogP contribution in [0.15, 0.2) is 120 Å². The van der Waals surface area contributed by atoms with Crippen LogP contribution in [0, 0.1) is 43.5 Å². The molecule has 0 saturated carbocycles.